The van der Waals surface area contributed by atoms with Gasteiger partial charge in [0.25, 0.3) is 0 Å². The van der Waals surface area contributed by atoms with Gasteiger partial charge in [-0.2, -0.15) is 0 Å². The minimum atomic E-state index is -1.32. The second-order valence-electron chi connectivity index (χ2n) is 9.87. The molecule has 0 saturated carbocycles. The van der Waals surface area contributed by atoms with Crippen LogP contribution in [0.3, 0.4) is 0 Å². The number of aryl methyl sites for hydroxylation is 2. The lowest BCUT2D eigenvalue weighted by atomic mass is 10.0. The highest BCUT2D eigenvalue weighted by molar-refractivity contribution is 7.82. The van der Waals surface area contributed by atoms with Crippen LogP contribution in [0, 0.1) is 13.8 Å². The number of piperidine rings is 1. The van der Waals surface area contributed by atoms with Crippen molar-refractivity contribution in [2.45, 2.75) is 58.0 Å². The number of nitrogens with zero attached hydrogens (tertiary/aromatic N) is 3. The number of hydrogen-bond acceptors (Lipinski definition) is 6. The monoisotopic (exact) mass is 560 g/mol. The minimum absolute atomic E-state index is 0.0278. The average Bonchev–Trinajstić information content (AvgIpc) is 2.95. The van der Waals surface area contributed by atoms with Gasteiger partial charge in [-0.15, -0.1) is 0 Å². The smallest absolute Gasteiger partial charge is 0.246 e. The van der Waals surface area contributed by atoms with Gasteiger partial charge in [0.1, 0.15) is 23.3 Å². The van der Waals surface area contributed by atoms with Gasteiger partial charge >= 0.3 is 0 Å². The number of ether oxygens (including phenoxy) is 2. The van der Waals surface area contributed by atoms with Crippen LogP contribution in [0.25, 0.3) is 0 Å². The van der Waals surface area contributed by atoms with Crippen molar-refractivity contribution in [2.24, 2.45) is 0 Å². The Morgan fingerprint density at radius 3 is 2.18 bits per heavy atom. The van der Waals surface area contributed by atoms with Crippen LogP contribution < -0.4 is 15.0 Å². The molecule has 1 amide bonds. The van der Waals surface area contributed by atoms with Crippen LogP contribution in [-0.2, 0) is 27.1 Å². The van der Waals surface area contributed by atoms with E-state index in [4.69, 9.17) is 9.47 Å². The molecular formula is C30H48N4O4S. The molecule has 1 saturated heterocycles. The molecule has 1 aliphatic rings. The molecule has 39 heavy (non-hydrogen) atoms. The van der Waals surface area contributed by atoms with Gasteiger partial charge in [-0.1, -0.05) is 26.0 Å². The van der Waals surface area contributed by atoms with Crippen molar-refractivity contribution in [3.8, 4) is 5.75 Å². The molecule has 0 radical (unpaired) electrons. The molecule has 2 aromatic rings. The summed E-state index contributed by atoms with van der Waals surface area (Å²) < 4.78 is 25.6. The summed E-state index contributed by atoms with van der Waals surface area (Å²) >= 11 is 0. The van der Waals surface area contributed by atoms with Gasteiger partial charge in [-0.3, -0.25) is 4.79 Å². The van der Waals surface area contributed by atoms with Crippen LogP contribution in [-0.4, -0.2) is 86.5 Å². The summed E-state index contributed by atoms with van der Waals surface area (Å²) in [6, 6.07) is 12.8. The molecule has 1 heterocycles. The fourth-order valence-electron chi connectivity index (χ4n) is 4.62. The molecule has 1 fully saturated rings. The second kappa shape index (κ2) is 16.6. The lowest BCUT2D eigenvalue weighted by molar-refractivity contribution is -0.125. The molecule has 0 aliphatic carbocycles. The maximum atomic E-state index is 13.0. The van der Waals surface area contributed by atoms with E-state index in [0.717, 1.165) is 40.4 Å². The van der Waals surface area contributed by atoms with E-state index < -0.39 is 11.0 Å². The Bertz CT molecular complexity index is 1030. The van der Waals surface area contributed by atoms with Crippen LogP contribution in [0.2, 0.25) is 0 Å². The van der Waals surface area contributed by atoms with E-state index in [1.54, 1.807) is 18.5 Å². The second-order valence-corrected chi connectivity index (χ2v) is 11.4. The fraction of sp³-hybridized carbons (Fsp3) is 0.567. The summed E-state index contributed by atoms with van der Waals surface area (Å²) in [6.07, 6.45) is 2.36. The van der Waals surface area contributed by atoms with E-state index in [1.807, 2.05) is 39.8 Å². The molecule has 9 heteroatoms. The van der Waals surface area contributed by atoms with Gasteiger partial charge in [0.15, 0.2) is 0 Å². The van der Waals surface area contributed by atoms with Crippen molar-refractivity contribution in [3.63, 3.8) is 0 Å². The standard InChI is InChI=1S/C28H42N4O4S.C2H6/c1-21-17-26(35-6)18-22(2)28(21)37(34)31(5)15-16-36-20-27(33)29-19-23-7-9-25(10-8-23)32-13-11-24(12-14-32)30(3)4;1-2/h7-10,17-18,24H,11-16,19-20H2,1-6H3,(H,29,33);1-2H3. The maximum absolute atomic E-state index is 13.0. The number of rotatable bonds is 12. The Kier molecular flexibility index (Phi) is 13.9. The van der Waals surface area contributed by atoms with Crippen molar-refractivity contribution in [2.75, 3.05) is 66.0 Å². The topological polar surface area (TPSA) is 74.3 Å². The summed E-state index contributed by atoms with van der Waals surface area (Å²) in [5.41, 5.74) is 4.13. The van der Waals surface area contributed by atoms with Crippen LogP contribution in [0.5, 0.6) is 5.75 Å². The number of anilines is 1. The SMILES string of the molecule is CC.COc1cc(C)c(S(=O)N(C)CCOCC(=O)NCc2ccc(N3CCC(N(C)C)CC3)cc2)c(C)c1. The molecule has 1 unspecified atom stereocenters. The van der Waals surface area contributed by atoms with Crippen LogP contribution in [0.4, 0.5) is 5.69 Å². The zero-order valence-electron chi connectivity index (χ0n) is 25.1. The van der Waals surface area contributed by atoms with E-state index in [0.29, 0.717) is 25.7 Å². The van der Waals surface area contributed by atoms with Crippen molar-refractivity contribution >= 4 is 22.6 Å². The lowest BCUT2D eigenvalue weighted by Gasteiger charge is -2.36. The van der Waals surface area contributed by atoms with Crippen LogP contribution in [0.15, 0.2) is 41.3 Å². The molecular weight excluding hydrogens is 512 g/mol. The maximum Gasteiger partial charge on any atom is 0.246 e. The van der Waals surface area contributed by atoms with E-state index in [-0.39, 0.29) is 12.5 Å². The quantitative estimate of drug-likeness (QED) is 0.393. The number of amides is 1. The third-order valence-electron chi connectivity index (χ3n) is 6.90. The number of methoxy groups -OCH3 is 1. The highest BCUT2D eigenvalue weighted by Gasteiger charge is 2.21. The van der Waals surface area contributed by atoms with Gasteiger partial charge in [0, 0.05) is 45.0 Å². The molecule has 2 aromatic carbocycles. The summed E-state index contributed by atoms with van der Waals surface area (Å²) in [7, 11) is 6.40. The van der Waals surface area contributed by atoms with Crippen LogP contribution >= 0.6 is 0 Å². The molecule has 3 rings (SSSR count). The van der Waals surface area contributed by atoms with Crippen molar-refractivity contribution in [1.82, 2.24) is 14.5 Å². The first kappa shape index (κ1) is 32.8. The zero-order valence-corrected chi connectivity index (χ0v) is 25.9. The fourth-order valence-corrected chi connectivity index (χ4v) is 5.84. The molecule has 1 atom stereocenters. The van der Waals surface area contributed by atoms with Crippen LogP contribution in [0.1, 0.15) is 43.4 Å². The lowest BCUT2D eigenvalue weighted by Crippen LogP contribution is -2.41. The third kappa shape index (κ3) is 9.90. The first-order valence-electron chi connectivity index (χ1n) is 13.8. The normalized spacial score (nSPS) is 14.7. The Hall–Kier alpha value is -2.46. The molecule has 1 N–H and O–H groups in total. The number of nitrogens with one attached hydrogen (secondary N) is 1. The number of likely N-dealkylation sites (N-methyl/N-ethyl adjacent to an activating group) is 1. The van der Waals surface area contributed by atoms with E-state index >= 15 is 0 Å². The summed E-state index contributed by atoms with van der Waals surface area (Å²) in [5, 5.41) is 2.91. The molecule has 0 bridgehead atoms. The van der Waals surface area contributed by atoms with Gasteiger partial charge in [0.05, 0.1) is 18.6 Å². The molecule has 0 spiro atoms. The first-order chi connectivity index (χ1) is 18.7. The number of hydrogen-bond donors (Lipinski definition) is 1. The van der Waals surface area contributed by atoms with E-state index in [1.165, 1.54) is 18.5 Å². The number of carbonyl (C=O) groups is 1. The van der Waals surface area contributed by atoms with Gasteiger partial charge < -0.3 is 24.6 Å². The molecule has 0 aromatic heterocycles. The van der Waals surface area contributed by atoms with Gasteiger partial charge in [-0.25, -0.2) is 8.51 Å². The van der Waals surface area contributed by atoms with Crippen molar-refractivity contribution < 1.29 is 18.5 Å². The summed E-state index contributed by atoms with van der Waals surface area (Å²) in [5.74, 6) is 0.587. The zero-order chi connectivity index (χ0) is 28.9. The summed E-state index contributed by atoms with van der Waals surface area (Å²) in [4.78, 5) is 17.8. The highest BCUT2D eigenvalue weighted by atomic mass is 32.2. The third-order valence-corrected chi connectivity index (χ3v) is 8.64. The minimum Gasteiger partial charge on any atom is -0.497 e. The van der Waals surface area contributed by atoms with E-state index in [2.05, 4.69) is 53.5 Å². The average molecular weight is 561 g/mol. The molecule has 218 valence electrons. The Labute approximate surface area is 238 Å². The highest BCUT2D eigenvalue weighted by Crippen LogP contribution is 2.25. The Balaban J connectivity index is 0.00000260. The van der Waals surface area contributed by atoms with Gasteiger partial charge in [-0.05, 0) is 81.7 Å². The molecule has 1 aliphatic heterocycles. The predicted molar refractivity (Wildman–Crippen MR) is 161 cm³/mol. The Morgan fingerprint density at radius 1 is 1.05 bits per heavy atom. The van der Waals surface area contributed by atoms with E-state index in [9.17, 15) is 9.00 Å². The number of carbonyl (C=O) groups excluding carboxylic acids is 1. The van der Waals surface area contributed by atoms with Crippen molar-refractivity contribution in [1.29, 1.82) is 0 Å². The summed E-state index contributed by atoms with van der Waals surface area (Å²) in [6.45, 7) is 11.2. The predicted octanol–water partition coefficient (Wildman–Crippen LogP) is 4.16. The Morgan fingerprint density at radius 2 is 1.64 bits per heavy atom. The largest absolute Gasteiger partial charge is 0.497 e. The first-order valence-corrected chi connectivity index (χ1v) is 14.9. The number of benzene rings is 2. The van der Waals surface area contributed by atoms with Crippen molar-refractivity contribution in [3.05, 3.63) is 53.1 Å². The van der Waals surface area contributed by atoms with Gasteiger partial charge in [0.2, 0.25) is 5.91 Å². The molecule has 8 nitrogen and oxygen atoms in total.